The molecule has 4 rings (SSSR count). The van der Waals surface area contributed by atoms with Crippen LogP contribution in [0.2, 0.25) is 0 Å². The van der Waals surface area contributed by atoms with Crippen LogP contribution in [0.15, 0.2) is 48.7 Å². The number of hydrogen-bond acceptors (Lipinski definition) is 4. The Kier molecular flexibility index (Phi) is 4.36. The van der Waals surface area contributed by atoms with E-state index in [2.05, 4.69) is 4.98 Å². The van der Waals surface area contributed by atoms with Gasteiger partial charge in [0.15, 0.2) is 0 Å². The second-order valence-electron chi connectivity index (χ2n) is 7.25. The van der Waals surface area contributed by atoms with Crippen molar-refractivity contribution in [1.29, 1.82) is 0 Å². The molecule has 2 aromatic rings. The van der Waals surface area contributed by atoms with Crippen molar-refractivity contribution in [2.24, 2.45) is 11.8 Å². The molecular formula is C20H21FN2O3. The highest BCUT2D eigenvalue weighted by molar-refractivity contribution is 5.68. The molecule has 3 atom stereocenters. The summed E-state index contributed by atoms with van der Waals surface area (Å²) in [7, 11) is 0. The first-order chi connectivity index (χ1) is 12.5. The molecule has 1 unspecified atom stereocenters. The van der Waals surface area contributed by atoms with Crippen LogP contribution >= 0.6 is 0 Å². The Morgan fingerprint density at radius 3 is 2.54 bits per heavy atom. The van der Waals surface area contributed by atoms with Crippen LogP contribution in [0.4, 0.5) is 9.18 Å². The summed E-state index contributed by atoms with van der Waals surface area (Å²) in [6.45, 7) is 1.31. The molecule has 1 saturated heterocycles. The van der Waals surface area contributed by atoms with Gasteiger partial charge in [-0.3, -0.25) is 0 Å². The number of carbonyl (C=O) groups excluding carboxylic acids is 1. The highest BCUT2D eigenvalue weighted by Gasteiger charge is 2.51. The van der Waals surface area contributed by atoms with Gasteiger partial charge in [0, 0.05) is 24.8 Å². The van der Waals surface area contributed by atoms with E-state index in [1.807, 2.05) is 30.3 Å². The molecule has 0 spiro atoms. The lowest BCUT2D eigenvalue weighted by atomic mass is 9.91. The summed E-state index contributed by atoms with van der Waals surface area (Å²) in [5.74, 6) is -0.332. The van der Waals surface area contributed by atoms with Crippen LogP contribution in [-0.2, 0) is 16.9 Å². The van der Waals surface area contributed by atoms with Crippen molar-refractivity contribution in [2.45, 2.75) is 25.0 Å². The van der Waals surface area contributed by atoms with Crippen molar-refractivity contribution in [3.8, 4) is 0 Å². The van der Waals surface area contributed by atoms with Crippen LogP contribution in [0.1, 0.15) is 24.0 Å². The summed E-state index contributed by atoms with van der Waals surface area (Å²) >= 11 is 0. The highest BCUT2D eigenvalue weighted by Crippen LogP contribution is 2.49. The summed E-state index contributed by atoms with van der Waals surface area (Å²) in [6, 6.07) is 12.8. The number of aliphatic hydroxyl groups is 1. The van der Waals surface area contributed by atoms with Crippen molar-refractivity contribution in [3.63, 3.8) is 0 Å². The maximum Gasteiger partial charge on any atom is 0.410 e. The Morgan fingerprint density at radius 1 is 1.19 bits per heavy atom. The standard InChI is InChI=1S/C20H21FN2O3/c21-18-17(7-4-8-22-18)20(25)9-15-11-23(12-16(15)10-20)19(24)26-13-14-5-2-1-3-6-14/h1-8,15-16,25H,9-13H2/t15-,16+,20?. The number of rotatable bonds is 3. The molecule has 2 fully saturated rings. The van der Waals surface area contributed by atoms with Gasteiger partial charge in [-0.1, -0.05) is 36.4 Å². The zero-order chi connectivity index (χ0) is 18.1. The maximum atomic E-state index is 14.0. The monoisotopic (exact) mass is 356 g/mol. The number of halogens is 1. The van der Waals surface area contributed by atoms with Crippen LogP contribution in [0, 0.1) is 17.8 Å². The minimum absolute atomic E-state index is 0.142. The molecular weight excluding hydrogens is 335 g/mol. The lowest BCUT2D eigenvalue weighted by Crippen LogP contribution is -2.33. The predicted molar refractivity (Wildman–Crippen MR) is 92.5 cm³/mol. The van der Waals surface area contributed by atoms with E-state index in [1.54, 1.807) is 17.0 Å². The Labute approximate surface area is 151 Å². The number of amides is 1. The number of fused-ring (bicyclic) bond motifs is 1. The van der Waals surface area contributed by atoms with E-state index in [4.69, 9.17) is 4.74 Å². The number of carbonyl (C=O) groups is 1. The van der Waals surface area contributed by atoms with Gasteiger partial charge in [-0.15, -0.1) is 0 Å². The number of ether oxygens (including phenoxy) is 1. The number of pyridine rings is 1. The van der Waals surface area contributed by atoms with Crippen LogP contribution in [0.25, 0.3) is 0 Å². The fourth-order valence-electron chi connectivity index (χ4n) is 4.26. The van der Waals surface area contributed by atoms with Crippen LogP contribution < -0.4 is 0 Å². The summed E-state index contributed by atoms with van der Waals surface area (Å²) in [6.07, 6.45) is 1.91. The van der Waals surface area contributed by atoms with Gasteiger partial charge in [-0.2, -0.15) is 4.39 Å². The van der Waals surface area contributed by atoms with Gasteiger partial charge in [0.05, 0.1) is 5.60 Å². The van der Waals surface area contributed by atoms with E-state index < -0.39 is 11.5 Å². The number of nitrogens with zero attached hydrogens (tertiary/aromatic N) is 2. The molecule has 26 heavy (non-hydrogen) atoms. The van der Waals surface area contributed by atoms with Crippen molar-refractivity contribution in [2.75, 3.05) is 13.1 Å². The summed E-state index contributed by atoms with van der Waals surface area (Å²) < 4.78 is 19.4. The van der Waals surface area contributed by atoms with Crippen molar-refractivity contribution >= 4 is 6.09 Å². The van der Waals surface area contributed by atoms with Crippen LogP contribution in [-0.4, -0.2) is 34.2 Å². The van der Waals surface area contributed by atoms with Gasteiger partial charge in [0.25, 0.3) is 0 Å². The first-order valence-corrected chi connectivity index (χ1v) is 8.84. The molecule has 6 heteroatoms. The number of aromatic nitrogens is 1. The lowest BCUT2D eigenvalue weighted by Gasteiger charge is -2.26. The predicted octanol–water partition coefficient (Wildman–Crippen LogP) is 3.09. The van der Waals surface area contributed by atoms with Gasteiger partial charge in [0.1, 0.15) is 6.61 Å². The van der Waals surface area contributed by atoms with E-state index in [0.717, 1.165) is 5.56 Å². The van der Waals surface area contributed by atoms with Gasteiger partial charge < -0.3 is 14.7 Å². The Morgan fingerprint density at radius 2 is 1.88 bits per heavy atom. The van der Waals surface area contributed by atoms with Gasteiger partial charge >= 0.3 is 6.09 Å². The van der Waals surface area contributed by atoms with Crippen molar-refractivity contribution in [1.82, 2.24) is 9.88 Å². The smallest absolute Gasteiger partial charge is 0.410 e. The summed E-state index contributed by atoms with van der Waals surface area (Å²) in [5, 5.41) is 10.9. The van der Waals surface area contributed by atoms with Gasteiger partial charge in [0.2, 0.25) is 5.95 Å². The molecule has 1 N–H and O–H groups in total. The molecule has 5 nitrogen and oxygen atoms in total. The molecule has 0 radical (unpaired) electrons. The molecule has 0 bridgehead atoms. The summed E-state index contributed by atoms with van der Waals surface area (Å²) in [4.78, 5) is 17.6. The second kappa shape index (κ2) is 6.68. The van der Waals surface area contributed by atoms with E-state index in [1.165, 1.54) is 6.20 Å². The molecule has 1 amide bonds. The molecule has 136 valence electrons. The largest absolute Gasteiger partial charge is 0.445 e. The fraction of sp³-hybridized carbons (Fsp3) is 0.400. The highest BCUT2D eigenvalue weighted by atomic mass is 19.1. The first-order valence-electron chi connectivity index (χ1n) is 8.84. The lowest BCUT2D eigenvalue weighted by molar-refractivity contribution is 0.0258. The van der Waals surface area contributed by atoms with E-state index in [0.29, 0.717) is 25.9 Å². The maximum absolute atomic E-state index is 14.0. The molecule has 2 heterocycles. The third-order valence-electron chi connectivity index (χ3n) is 5.50. The quantitative estimate of drug-likeness (QED) is 0.859. The summed E-state index contributed by atoms with van der Waals surface area (Å²) in [5.41, 5.74) is 0.00235. The topological polar surface area (TPSA) is 62.7 Å². The third kappa shape index (κ3) is 3.17. The van der Waals surface area contributed by atoms with Gasteiger partial charge in [-0.25, -0.2) is 9.78 Å². The average Bonchev–Trinajstić information content (AvgIpc) is 3.16. The zero-order valence-corrected chi connectivity index (χ0v) is 14.3. The molecule has 1 aromatic carbocycles. The first kappa shape index (κ1) is 17.0. The van der Waals surface area contributed by atoms with E-state index in [9.17, 15) is 14.3 Å². The van der Waals surface area contributed by atoms with Gasteiger partial charge in [-0.05, 0) is 36.3 Å². The number of likely N-dealkylation sites (tertiary alicyclic amines) is 1. The minimum atomic E-state index is -1.20. The normalized spacial score (nSPS) is 27.4. The van der Waals surface area contributed by atoms with Crippen LogP contribution in [0.5, 0.6) is 0 Å². The van der Waals surface area contributed by atoms with Crippen molar-refractivity contribution in [3.05, 3.63) is 65.7 Å². The molecule has 2 aliphatic rings. The van der Waals surface area contributed by atoms with Crippen molar-refractivity contribution < 1.29 is 19.0 Å². The molecule has 1 aliphatic heterocycles. The van der Waals surface area contributed by atoms with E-state index in [-0.39, 0.29) is 30.1 Å². The van der Waals surface area contributed by atoms with E-state index >= 15 is 0 Å². The molecule has 1 aromatic heterocycles. The average molecular weight is 356 g/mol. The third-order valence-corrected chi connectivity index (χ3v) is 5.50. The Bertz CT molecular complexity index is 785. The minimum Gasteiger partial charge on any atom is -0.445 e. The van der Waals surface area contributed by atoms with Crippen LogP contribution in [0.3, 0.4) is 0 Å². The SMILES string of the molecule is O=C(OCc1ccccc1)N1C[C@@H]2CC(O)(c3cccnc3F)C[C@@H]2C1. The molecule has 1 aliphatic carbocycles. The Balaban J connectivity index is 1.36. The zero-order valence-electron chi connectivity index (χ0n) is 14.3. The fourth-order valence-corrected chi connectivity index (χ4v) is 4.26. The second-order valence-corrected chi connectivity index (χ2v) is 7.25. The number of benzene rings is 1. The Hall–Kier alpha value is -2.47. The molecule has 1 saturated carbocycles. The number of hydrogen-bond donors (Lipinski definition) is 1.